The van der Waals surface area contributed by atoms with Crippen LogP contribution in [0, 0.1) is 0 Å². The fourth-order valence-electron chi connectivity index (χ4n) is 4.01. The van der Waals surface area contributed by atoms with Gasteiger partial charge in [0.05, 0.1) is 18.4 Å². The highest BCUT2D eigenvalue weighted by atomic mass is 16.5. The van der Waals surface area contributed by atoms with Crippen LogP contribution in [-0.2, 0) is 0 Å². The fraction of sp³-hybridized carbons (Fsp3) is 0.240. The van der Waals surface area contributed by atoms with E-state index < -0.39 is 0 Å². The third-order valence-electron chi connectivity index (χ3n) is 5.44. The molecule has 0 bridgehead atoms. The normalized spacial score (nSPS) is 19.8. The van der Waals surface area contributed by atoms with E-state index in [1.54, 1.807) is 0 Å². The second kappa shape index (κ2) is 7.63. The number of ether oxygens (including phenoxy) is 2. The first-order valence-electron chi connectivity index (χ1n) is 10.2. The molecule has 3 aromatic carbocycles. The molecule has 146 valence electrons. The maximum absolute atomic E-state index is 6.42. The molecule has 0 saturated carbocycles. The second-order valence-electron chi connectivity index (χ2n) is 7.44. The van der Waals surface area contributed by atoms with E-state index in [9.17, 15) is 0 Å². The lowest BCUT2D eigenvalue weighted by Gasteiger charge is -2.38. The molecule has 2 heterocycles. The van der Waals surface area contributed by atoms with E-state index >= 15 is 0 Å². The third-order valence-corrected chi connectivity index (χ3v) is 5.44. The first-order chi connectivity index (χ1) is 14.3. The summed E-state index contributed by atoms with van der Waals surface area (Å²) in [6, 6.07) is 27.1. The van der Waals surface area contributed by atoms with Crippen LogP contribution in [0.25, 0.3) is 0 Å². The number of benzene rings is 3. The summed E-state index contributed by atoms with van der Waals surface area (Å²) in [5.41, 5.74) is 4.54. The second-order valence-corrected chi connectivity index (χ2v) is 7.44. The molecule has 0 amide bonds. The molecule has 0 fully saturated rings. The number of para-hydroxylation sites is 1. The largest absolute Gasteiger partial charge is 0.494 e. The van der Waals surface area contributed by atoms with Crippen molar-refractivity contribution in [2.45, 2.75) is 32.0 Å². The zero-order chi connectivity index (χ0) is 19.6. The first kappa shape index (κ1) is 17.8. The van der Waals surface area contributed by atoms with Crippen LogP contribution < -0.4 is 9.47 Å². The Morgan fingerprint density at radius 2 is 1.72 bits per heavy atom. The van der Waals surface area contributed by atoms with E-state index in [1.165, 1.54) is 11.1 Å². The van der Waals surface area contributed by atoms with Crippen molar-refractivity contribution in [3.05, 3.63) is 95.6 Å². The molecule has 5 rings (SSSR count). The zero-order valence-electron chi connectivity index (χ0n) is 16.5. The smallest absolute Gasteiger partial charge is 0.213 e. The molecule has 2 aliphatic heterocycles. The van der Waals surface area contributed by atoms with Gasteiger partial charge in [0.25, 0.3) is 0 Å². The Kier molecular flexibility index (Phi) is 4.68. The Morgan fingerprint density at radius 1 is 0.966 bits per heavy atom. The van der Waals surface area contributed by atoms with Gasteiger partial charge in [-0.05, 0) is 42.3 Å². The van der Waals surface area contributed by atoms with Gasteiger partial charge >= 0.3 is 0 Å². The Morgan fingerprint density at radius 3 is 2.52 bits per heavy atom. The van der Waals surface area contributed by atoms with Gasteiger partial charge in [-0.2, -0.15) is 5.10 Å². The Labute approximate surface area is 171 Å². The van der Waals surface area contributed by atoms with Gasteiger partial charge in [-0.15, -0.1) is 0 Å². The molecule has 0 aromatic heterocycles. The maximum Gasteiger partial charge on any atom is 0.213 e. The molecule has 4 heteroatoms. The van der Waals surface area contributed by atoms with Crippen molar-refractivity contribution >= 4 is 5.71 Å². The maximum atomic E-state index is 6.42. The first-order valence-corrected chi connectivity index (χ1v) is 10.2. The van der Waals surface area contributed by atoms with Crippen molar-refractivity contribution in [3.63, 3.8) is 0 Å². The van der Waals surface area contributed by atoms with Crippen LogP contribution in [0.4, 0.5) is 0 Å². The van der Waals surface area contributed by atoms with Crippen molar-refractivity contribution in [2.24, 2.45) is 5.10 Å². The molecular formula is C25H24N2O2. The SMILES string of the molecule is CCCOc1ccc(C2Oc3ccccc3C3CC(c4ccccc4)=NN32)cc1. The van der Waals surface area contributed by atoms with Crippen LogP contribution in [0.2, 0.25) is 0 Å². The average molecular weight is 384 g/mol. The molecule has 0 radical (unpaired) electrons. The van der Waals surface area contributed by atoms with Crippen molar-refractivity contribution in [1.29, 1.82) is 0 Å². The van der Waals surface area contributed by atoms with Crippen LogP contribution in [-0.4, -0.2) is 17.3 Å². The van der Waals surface area contributed by atoms with E-state index in [4.69, 9.17) is 14.6 Å². The summed E-state index contributed by atoms with van der Waals surface area (Å²) in [7, 11) is 0. The molecule has 2 atom stereocenters. The van der Waals surface area contributed by atoms with E-state index in [0.717, 1.165) is 42.2 Å². The van der Waals surface area contributed by atoms with Gasteiger partial charge in [0, 0.05) is 17.5 Å². The predicted octanol–water partition coefficient (Wildman–Crippen LogP) is 5.72. The highest BCUT2D eigenvalue weighted by molar-refractivity contribution is 6.01. The number of hydrogen-bond donors (Lipinski definition) is 0. The highest BCUT2D eigenvalue weighted by Gasteiger charge is 2.40. The van der Waals surface area contributed by atoms with Crippen molar-refractivity contribution in [1.82, 2.24) is 5.01 Å². The Bertz CT molecular complexity index is 1010. The Hall–Kier alpha value is -3.27. The molecule has 0 spiro atoms. The van der Waals surface area contributed by atoms with Crippen molar-refractivity contribution < 1.29 is 9.47 Å². The van der Waals surface area contributed by atoms with Crippen molar-refractivity contribution in [3.8, 4) is 11.5 Å². The summed E-state index contributed by atoms with van der Waals surface area (Å²) in [6.45, 7) is 2.84. The fourth-order valence-corrected chi connectivity index (χ4v) is 4.01. The minimum Gasteiger partial charge on any atom is -0.494 e. The summed E-state index contributed by atoms with van der Waals surface area (Å²) >= 11 is 0. The van der Waals surface area contributed by atoms with Crippen LogP contribution in [0.15, 0.2) is 84.0 Å². The summed E-state index contributed by atoms with van der Waals surface area (Å²) in [5.74, 6) is 1.83. The summed E-state index contributed by atoms with van der Waals surface area (Å²) in [6.07, 6.45) is 1.62. The molecular weight excluding hydrogens is 360 g/mol. The van der Waals surface area contributed by atoms with Gasteiger partial charge in [0.1, 0.15) is 11.5 Å². The van der Waals surface area contributed by atoms with E-state index in [2.05, 4.69) is 66.5 Å². The minimum absolute atomic E-state index is 0.177. The van der Waals surface area contributed by atoms with E-state index in [1.807, 2.05) is 24.3 Å². The lowest BCUT2D eigenvalue weighted by molar-refractivity contribution is -0.0190. The molecule has 0 N–H and O–H groups in total. The zero-order valence-corrected chi connectivity index (χ0v) is 16.5. The molecule has 4 nitrogen and oxygen atoms in total. The molecule has 0 saturated heterocycles. The number of nitrogens with zero attached hydrogens (tertiary/aromatic N) is 2. The molecule has 3 aromatic rings. The van der Waals surface area contributed by atoms with Gasteiger partial charge in [-0.25, -0.2) is 5.01 Å². The Balaban J connectivity index is 1.50. The van der Waals surface area contributed by atoms with Crippen LogP contribution in [0.3, 0.4) is 0 Å². The van der Waals surface area contributed by atoms with E-state index in [-0.39, 0.29) is 12.3 Å². The summed E-state index contributed by atoms with van der Waals surface area (Å²) in [4.78, 5) is 0. The molecule has 2 unspecified atom stereocenters. The molecule has 29 heavy (non-hydrogen) atoms. The third kappa shape index (κ3) is 3.35. The van der Waals surface area contributed by atoms with Gasteiger partial charge in [-0.1, -0.05) is 55.5 Å². The summed E-state index contributed by atoms with van der Waals surface area (Å²) < 4.78 is 12.1. The number of rotatable bonds is 5. The quantitative estimate of drug-likeness (QED) is 0.564. The number of hydrogen-bond acceptors (Lipinski definition) is 4. The van der Waals surface area contributed by atoms with E-state index in [0.29, 0.717) is 0 Å². The standard InChI is InChI=1S/C25H24N2O2/c1-2-16-28-20-14-12-19(13-15-20)25-27-23(21-10-6-7-11-24(21)29-25)17-22(26-27)18-8-4-3-5-9-18/h3-15,23,25H,2,16-17H2,1H3. The number of fused-ring (bicyclic) bond motifs is 3. The number of hydrazone groups is 1. The monoisotopic (exact) mass is 384 g/mol. The highest BCUT2D eigenvalue weighted by Crippen LogP contribution is 2.47. The van der Waals surface area contributed by atoms with Crippen LogP contribution in [0.5, 0.6) is 11.5 Å². The molecule has 2 aliphatic rings. The minimum atomic E-state index is -0.253. The van der Waals surface area contributed by atoms with Gasteiger partial charge < -0.3 is 9.47 Å². The van der Waals surface area contributed by atoms with Gasteiger partial charge in [0.15, 0.2) is 0 Å². The van der Waals surface area contributed by atoms with Crippen molar-refractivity contribution in [2.75, 3.05) is 6.61 Å². The van der Waals surface area contributed by atoms with Crippen LogP contribution >= 0.6 is 0 Å². The average Bonchev–Trinajstić information content (AvgIpc) is 3.24. The lowest BCUT2D eigenvalue weighted by atomic mass is 9.96. The topological polar surface area (TPSA) is 34.1 Å². The molecule has 0 aliphatic carbocycles. The predicted molar refractivity (Wildman–Crippen MR) is 114 cm³/mol. The van der Waals surface area contributed by atoms with Gasteiger partial charge in [-0.3, -0.25) is 0 Å². The lowest BCUT2D eigenvalue weighted by Crippen LogP contribution is -2.33. The summed E-state index contributed by atoms with van der Waals surface area (Å²) in [5, 5.41) is 7.12. The van der Waals surface area contributed by atoms with Crippen LogP contribution in [0.1, 0.15) is 48.7 Å². The van der Waals surface area contributed by atoms with Gasteiger partial charge in [0.2, 0.25) is 6.23 Å².